The van der Waals surface area contributed by atoms with Gasteiger partial charge in [-0.25, -0.2) is 13.4 Å². The third-order valence-corrected chi connectivity index (χ3v) is 5.77. The van der Waals surface area contributed by atoms with E-state index in [4.69, 9.17) is 0 Å². The monoisotopic (exact) mass is 287 g/mol. The number of carboxylic acid groups (broad SMARTS) is 1. The molecule has 2 heterocycles. The fraction of sp³-hybridized carbons (Fsp3) is 0.636. The maximum Gasteiger partial charge on any atom is 0.322 e. The van der Waals surface area contributed by atoms with Crippen LogP contribution in [0.5, 0.6) is 0 Å². The summed E-state index contributed by atoms with van der Waals surface area (Å²) in [5, 5.41) is 9.26. The second-order valence-corrected chi connectivity index (χ2v) is 8.19. The van der Waals surface area contributed by atoms with Crippen LogP contribution in [0.4, 0.5) is 0 Å². The zero-order valence-corrected chi connectivity index (χ0v) is 11.9. The summed E-state index contributed by atoms with van der Waals surface area (Å²) in [6.07, 6.45) is 1.54. The van der Waals surface area contributed by atoms with E-state index in [1.807, 2.05) is 0 Å². The number of imidazole rings is 1. The molecule has 1 atom stereocenters. The predicted molar refractivity (Wildman–Crippen MR) is 67.9 cm³/mol. The fourth-order valence-electron chi connectivity index (χ4n) is 2.03. The number of H-pyrrole nitrogens is 1. The first-order chi connectivity index (χ1) is 8.64. The summed E-state index contributed by atoms with van der Waals surface area (Å²) in [7, 11) is -3.71. The molecule has 8 heteroatoms. The highest BCUT2D eigenvalue weighted by Gasteiger charge is 2.45. The van der Waals surface area contributed by atoms with Crippen molar-refractivity contribution < 1.29 is 18.3 Å². The zero-order chi connectivity index (χ0) is 14.4. The van der Waals surface area contributed by atoms with E-state index in [0.717, 1.165) is 4.31 Å². The molecule has 0 amide bonds. The molecule has 2 N–H and O–H groups in total. The summed E-state index contributed by atoms with van der Waals surface area (Å²) in [4.78, 5) is 18.2. The Bertz CT molecular complexity index is 600. The molecule has 0 aromatic carbocycles. The Labute approximate surface area is 111 Å². The van der Waals surface area contributed by atoms with Gasteiger partial charge in [0, 0.05) is 6.42 Å². The molecule has 1 unspecified atom stereocenters. The molecule has 19 heavy (non-hydrogen) atoms. The summed E-state index contributed by atoms with van der Waals surface area (Å²) >= 11 is 0. The van der Waals surface area contributed by atoms with Crippen molar-refractivity contribution in [1.82, 2.24) is 14.3 Å². The number of aromatic nitrogens is 2. The van der Waals surface area contributed by atoms with Crippen molar-refractivity contribution in [3.8, 4) is 0 Å². The minimum Gasteiger partial charge on any atom is -0.480 e. The second-order valence-electron chi connectivity index (χ2n) is 5.55. The maximum atomic E-state index is 12.5. The molecule has 1 aliphatic rings. The molecule has 1 aromatic heterocycles. The van der Waals surface area contributed by atoms with Crippen LogP contribution in [0.3, 0.4) is 0 Å². The van der Waals surface area contributed by atoms with Gasteiger partial charge in [0.2, 0.25) is 10.0 Å². The predicted octanol–water partition coefficient (Wildman–Crippen LogP) is 0.349. The minimum atomic E-state index is -3.71. The van der Waals surface area contributed by atoms with Crippen LogP contribution >= 0.6 is 0 Å². The van der Waals surface area contributed by atoms with Crippen molar-refractivity contribution in [3.63, 3.8) is 0 Å². The van der Waals surface area contributed by atoms with Crippen LogP contribution in [-0.2, 0) is 27.8 Å². The molecule has 0 saturated heterocycles. The van der Waals surface area contributed by atoms with Crippen molar-refractivity contribution in [2.24, 2.45) is 0 Å². The van der Waals surface area contributed by atoms with E-state index in [2.05, 4.69) is 9.97 Å². The number of aliphatic carboxylic acids is 1. The molecule has 0 fully saturated rings. The summed E-state index contributed by atoms with van der Waals surface area (Å²) in [5.41, 5.74) is 1.28. The Balaban J connectivity index is 2.47. The Morgan fingerprint density at radius 1 is 1.53 bits per heavy atom. The smallest absolute Gasteiger partial charge is 0.322 e. The third-order valence-electron chi connectivity index (χ3n) is 3.22. The van der Waals surface area contributed by atoms with Gasteiger partial charge in [-0.15, -0.1) is 0 Å². The minimum absolute atomic E-state index is 0.0197. The highest BCUT2D eigenvalue weighted by atomic mass is 32.2. The number of nitrogens with one attached hydrogen (secondary N) is 1. The maximum absolute atomic E-state index is 12.5. The van der Waals surface area contributed by atoms with Gasteiger partial charge in [-0.1, -0.05) is 0 Å². The van der Waals surface area contributed by atoms with Gasteiger partial charge in [-0.2, -0.15) is 4.31 Å². The Kier molecular flexibility index (Phi) is 3.18. The molecule has 1 aromatic rings. The highest BCUT2D eigenvalue weighted by molar-refractivity contribution is 7.90. The number of rotatable bonds is 2. The van der Waals surface area contributed by atoms with E-state index >= 15 is 0 Å². The Morgan fingerprint density at radius 2 is 2.16 bits per heavy atom. The number of carbonyl (C=O) groups is 1. The van der Waals surface area contributed by atoms with Gasteiger partial charge in [-0.05, 0) is 20.8 Å². The van der Waals surface area contributed by atoms with Gasteiger partial charge in [0.15, 0.2) is 0 Å². The van der Waals surface area contributed by atoms with E-state index < -0.39 is 26.8 Å². The SMILES string of the molecule is CC(C)(C)S(=O)(=O)N1Cc2[nH]cnc2CC1C(=O)O. The molecule has 2 rings (SSSR count). The first-order valence-electron chi connectivity index (χ1n) is 5.90. The van der Waals surface area contributed by atoms with E-state index in [9.17, 15) is 18.3 Å². The Hall–Kier alpha value is -1.41. The number of nitrogens with zero attached hydrogens (tertiary/aromatic N) is 2. The van der Waals surface area contributed by atoms with E-state index in [0.29, 0.717) is 11.4 Å². The van der Waals surface area contributed by atoms with E-state index in [1.165, 1.54) is 6.33 Å². The molecular weight excluding hydrogens is 270 g/mol. The average Bonchev–Trinajstić information content (AvgIpc) is 2.72. The zero-order valence-electron chi connectivity index (χ0n) is 11.0. The Morgan fingerprint density at radius 3 is 2.68 bits per heavy atom. The van der Waals surface area contributed by atoms with Gasteiger partial charge in [0.05, 0.1) is 29.0 Å². The van der Waals surface area contributed by atoms with Gasteiger partial charge < -0.3 is 10.1 Å². The van der Waals surface area contributed by atoms with E-state index in [-0.39, 0.29) is 13.0 Å². The van der Waals surface area contributed by atoms with Crippen LogP contribution in [0.2, 0.25) is 0 Å². The number of hydrogen-bond donors (Lipinski definition) is 2. The lowest BCUT2D eigenvalue weighted by Crippen LogP contribution is -2.53. The largest absolute Gasteiger partial charge is 0.480 e. The molecule has 7 nitrogen and oxygen atoms in total. The highest BCUT2D eigenvalue weighted by Crippen LogP contribution is 2.29. The molecule has 0 aliphatic carbocycles. The van der Waals surface area contributed by atoms with Crippen LogP contribution in [0.1, 0.15) is 32.2 Å². The number of carboxylic acids is 1. The number of fused-ring (bicyclic) bond motifs is 1. The normalized spacial score (nSPS) is 21.1. The summed E-state index contributed by atoms with van der Waals surface area (Å²) in [5.74, 6) is -1.15. The molecular formula is C11H17N3O4S. The van der Waals surface area contributed by atoms with Gasteiger partial charge in [0.25, 0.3) is 0 Å². The van der Waals surface area contributed by atoms with Gasteiger partial charge >= 0.3 is 5.97 Å². The van der Waals surface area contributed by atoms with Crippen LogP contribution in [-0.4, -0.2) is 44.6 Å². The average molecular weight is 287 g/mol. The van der Waals surface area contributed by atoms with Gasteiger partial charge in [-0.3, -0.25) is 4.79 Å². The van der Waals surface area contributed by atoms with Crippen LogP contribution < -0.4 is 0 Å². The standard InChI is InChI=1S/C11H17N3O4S/c1-11(2,3)19(17,18)14-5-8-7(12-6-13-8)4-9(14)10(15)16/h6,9H,4-5H2,1-3H3,(H,12,13)(H,15,16). The molecule has 0 spiro atoms. The van der Waals surface area contributed by atoms with Gasteiger partial charge in [0.1, 0.15) is 6.04 Å². The van der Waals surface area contributed by atoms with Crippen molar-refractivity contribution in [1.29, 1.82) is 0 Å². The van der Waals surface area contributed by atoms with Crippen molar-refractivity contribution >= 4 is 16.0 Å². The van der Waals surface area contributed by atoms with Crippen molar-refractivity contribution in [2.45, 2.75) is 44.5 Å². The third kappa shape index (κ3) is 2.25. The fourth-order valence-corrected chi connectivity index (χ4v) is 3.53. The van der Waals surface area contributed by atoms with Crippen LogP contribution in [0.25, 0.3) is 0 Å². The lowest BCUT2D eigenvalue weighted by Gasteiger charge is -2.35. The number of aromatic amines is 1. The van der Waals surface area contributed by atoms with Crippen molar-refractivity contribution in [2.75, 3.05) is 0 Å². The van der Waals surface area contributed by atoms with E-state index in [1.54, 1.807) is 20.8 Å². The summed E-state index contributed by atoms with van der Waals surface area (Å²) in [6, 6.07) is -1.10. The number of sulfonamides is 1. The summed E-state index contributed by atoms with van der Waals surface area (Å²) < 4.78 is 25.0. The number of hydrogen-bond acceptors (Lipinski definition) is 4. The van der Waals surface area contributed by atoms with Crippen LogP contribution in [0.15, 0.2) is 6.33 Å². The molecule has 1 aliphatic heterocycles. The molecule has 0 radical (unpaired) electrons. The first kappa shape index (κ1) is 14.0. The quantitative estimate of drug-likeness (QED) is 0.817. The molecule has 0 saturated carbocycles. The second kappa shape index (κ2) is 4.31. The first-order valence-corrected chi connectivity index (χ1v) is 7.34. The van der Waals surface area contributed by atoms with Crippen LogP contribution in [0, 0.1) is 0 Å². The lowest BCUT2D eigenvalue weighted by atomic mass is 10.1. The molecule has 106 valence electrons. The molecule has 0 bridgehead atoms. The summed E-state index contributed by atoms with van der Waals surface area (Å²) in [6.45, 7) is 4.70. The topological polar surface area (TPSA) is 103 Å². The lowest BCUT2D eigenvalue weighted by molar-refractivity contribution is -0.141. The van der Waals surface area contributed by atoms with Crippen molar-refractivity contribution in [3.05, 3.63) is 17.7 Å².